The lowest BCUT2D eigenvalue weighted by molar-refractivity contribution is 0.0435. The highest BCUT2D eigenvalue weighted by Gasteiger charge is 2.05. The van der Waals surface area contributed by atoms with E-state index in [4.69, 9.17) is 9.84 Å². The third-order valence-corrected chi connectivity index (χ3v) is 2.37. The number of ether oxygens (including phenoxy) is 1. The van der Waals surface area contributed by atoms with Gasteiger partial charge in [-0.05, 0) is 25.3 Å². The first-order valence-electron chi connectivity index (χ1n) is 4.95. The molecule has 1 N–H and O–H groups in total. The van der Waals surface area contributed by atoms with Crippen molar-refractivity contribution in [3.05, 3.63) is 35.4 Å². The normalized spacial score (nSPS) is 12.8. The minimum atomic E-state index is -0.0319. The van der Waals surface area contributed by atoms with Crippen LogP contribution in [0.5, 0.6) is 0 Å². The Morgan fingerprint density at radius 3 is 2.79 bits per heavy atom. The van der Waals surface area contributed by atoms with Gasteiger partial charge in [0.15, 0.2) is 0 Å². The van der Waals surface area contributed by atoms with Gasteiger partial charge in [-0.15, -0.1) is 0 Å². The quantitative estimate of drug-likeness (QED) is 0.776. The van der Waals surface area contributed by atoms with Crippen molar-refractivity contribution in [2.24, 2.45) is 0 Å². The molecule has 0 radical (unpaired) electrons. The van der Waals surface area contributed by atoms with Gasteiger partial charge in [0.25, 0.3) is 0 Å². The molecular weight excluding hydrogens is 176 g/mol. The van der Waals surface area contributed by atoms with Gasteiger partial charge in [-0.25, -0.2) is 0 Å². The Morgan fingerprint density at radius 2 is 2.21 bits per heavy atom. The summed E-state index contributed by atoms with van der Waals surface area (Å²) in [6.45, 7) is 2.19. The van der Waals surface area contributed by atoms with E-state index in [9.17, 15) is 0 Å². The van der Waals surface area contributed by atoms with Crippen molar-refractivity contribution >= 4 is 0 Å². The topological polar surface area (TPSA) is 29.5 Å². The van der Waals surface area contributed by atoms with E-state index in [0.29, 0.717) is 0 Å². The summed E-state index contributed by atoms with van der Waals surface area (Å²) < 4.78 is 5.10. The molecular formula is C12H18O2. The van der Waals surface area contributed by atoms with E-state index in [1.165, 1.54) is 11.1 Å². The van der Waals surface area contributed by atoms with Gasteiger partial charge in [-0.2, -0.15) is 0 Å². The molecule has 2 heteroatoms. The highest BCUT2D eigenvalue weighted by Crippen LogP contribution is 2.09. The predicted octanol–water partition coefficient (Wildman–Crippen LogP) is 1.93. The molecule has 0 heterocycles. The molecule has 1 atom stereocenters. The molecule has 0 aliphatic heterocycles. The third kappa shape index (κ3) is 3.48. The lowest BCUT2D eigenvalue weighted by Crippen LogP contribution is -2.16. The number of aryl methyl sites for hydroxylation is 2. The summed E-state index contributed by atoms with van der Waals surface area (Å²) in [5.41, 5.74) is 2.58. The summed E-state index contributed by atoms with van der Waals surface area (Å²) in [5.74, 6) is 0. The number of aliphatic hydroxyl groups excluding tert-OH is 1. The van der Waals surface area contributed by atoms with Crippen LogP contribution in [0.2, 0.25) is 0 Å². The number of benzene rings is 1. The van der Waals surface area contributed by atoms with E-state index < -0.39 is 0 Å². The summed E-state index contributed by atoms with van der Waals surface area (Å²) >= 11 is 0. The van der Waals surface area contributed by atoms with Gasteiger partial charge in [0.1, 0.15) is 0 Å². The molecule has 0 aromatic heterocycles. The van der Waals surface area contributed by atoms with Crippen LogP contribution in [0.1, 0.15) is 17.5 Å². The lowest BCUT2D eigenvalue weighted by Gasteiger charge is -2.11. The summed E-state index contributed by atoms with van der Waals surface area (Å²) in [6, 6.07) is 8.43. The monoisotopic (exact) mass is 194 g/mol. The first kappa shape index (κ1) is 11.2. The molecule has 1 unspecified atom stereocenters. The van der Waals surface area contributed by atoms with Crippen LogP contribution < -0.4 is 0 Å². The highest BCUT2D eigenvalue weighted by atomic mass is 16.5. The summed E-state index contributed by atoms with van der Waals surface area (Å²) in [6.07, 6.45) is 1.80. The average molecular weight is 194 g/mol. The van der Waals surface area contributed by atoms with Crippen LogP contribution in [0, 0.1) is 6.92 Å². The molecule has 0 saturated heterocycles. The smallest absolute Gasteiger partial charge is 0.0805 e. The third-order valence-electron chi connectivity index (χ3n) is 2.37. The zero-order valence-corrected chi connectivity index (χ0v) is 8.86. The second kappa shape index (κ2) is 5.78. The van der Waals surface area contributed by atoms with Gasteiger partial charge >= 0.3 is 0 Å². The molecule has 1 aromatic rings. The fourth-order valence-electron chi connectivity index (χ4n) is 1.48. The molecule has 0 saturated carbocycles. The summed E-state index contributed by atoms with van der Waals surface area (Å²) in [7, 11) is 1.64. The van der Waals surface area contributed by atoms with Gasteiger partial charge in [-0.1, -0.05) is 29.8 Å². The number of rotatable bonds is 5. The molecule has 78 valence electrons. The van der Waals surface area contributed by atoms with Gasteiger partial charge in [0.05, 0.1) is 12.7 Å². The fraction of sp³-hybridized carbons (Fsp3) is 0.500. The number of methoxy groups -OCH3 is 1. The number of aliphatic hydroxyl groups is 1. The van der Waals surface area contributed by atoms with Crippen LogP contribution in [-0.2, 0) is 11.2 Å². The van der Waals surface area contributed by atoms with Gasteiger partial charge in [-0.3, -0.25) is 0 Å². The average Bonchev–Trinajstić information content (AvgIpc) is 2.19. The summed E-state index contributed by atoms with van der Waals surface area (Å²) in [4.78, 5) is 0. The maximum atomic E-state index is 8.93. The Hall–Kier alpha value is -0.860. The van der Waals surface area contributed by atoms with E-state index >= 15 is 0 Å². The van der Waals surface area contributed by atoms with Crippen LogP contribution in [0.3, 0.4) is 0 Å². The van der Waals surface area contributed by atoms with E-state index in [2.05, 4.69) is 31.2 Å². The number of hydrogen-bond acceptors (Lipinski definition) is 2. The zero-order valence-electron chi connectivity index (χ0n) is 8.86. The molecule has 0 bridgehead atoms. The highest BCUT2D eigenvalue weighted by molar-refractivity contribution is 5.22. The Balaban J connectivity index is 2.44. The van der Waals surface area contributed by atoms with Crippen molar-refractivity contribution in [2.75, 3.05) is 13.7 Å². The van der Waals surface area contributed by atoms with Gasteiger partial charge < -0.3 is 9.84 Å². The molecule has 0 aliphatic rings. The van der Waals surface area contributed by atoms with Crippen molar-refractivity contribution in [3.63, 3.8) is 0 Å². The first-order chi connectivity index (χ1) is 6.76. The minimum absolute atomic E-state index is 0.0319. The second-order valence-electron chi connectivity index (χ2n) is 3.57. The predicted molar refractivity (Wildman–Crippen MR) is 57.4 cm³/mol. The van der Waals surface area contributed by atoms with E-state index in [1.807, 2.05) is 0 Å². The van der Waals surface area contributed by atoms with Gasteiger partial charge in [0.2, 0.25) is 0 Å². The van der Waals surface area contributed by atoms with Gasteiger partial charge in [0, 0.05) is 7.11 Å². The fourth-order valence-corrected chi connectivity index (χ4v) is 1.48. The molecule has 1 rings (SSSR count). The minimum Gasteiger partial charge on any atom is -0.394 e. The van der Waals surface area contributed by atoms with Crippen molar-refractivity contribution in [3.8, 4) is 0 Å². The maximum Gasteiger partial charge on any atom is 0.0805 e. The van der Waals surface area contributed by atoms with Crippen LogP contribution in [0.15, 0.2) is 24.3 Å². The zero-order chi connectivity index (χ0) is 10.4. The van der Waals surface area contributed by atoms with Crippen molar-refractivity contribution in [2.45, 2.75) is 25.9 Å². The Bertz CT molecular complexity index is 267. The van der Waals surface area contributed by atoms with Crippen molar-refractivity contribution in [1.82, 2.24) is 0 Å². The SMILES string of the molecule is COC(CO)CCc1cccc(C)c1. The maximum absolute atomic E-state index is 8.93. The van der Waals surface area contributed by atoms with E-state index in [1.54, 1.807) is 7.11 Å². The van der Waals surface area contributed by atoms with Crippen molar-refractivity contribution in [1.29, 1.82) is 0 Å². The van der Waals surface area contributed by atoms with Crippen LogP contribution in [0.4, 0.5) is 0 Å². The first-order valence-corrected chi connectivity index (χ1v) is 4.95. The molecule has 0 fully saturated rings. The van der Waals surface area contributed by atoms with E-state index in [-0.39, 0.29) is 12.7 Å². The Kier molecular flexibility index (Phi) is 4.63. The second-order valence-corrected chi connectivity index (χ2v) is 3.57. The van der Waals surface area contributed by atoms with Crippen molar-refractivity contribution < 1.29 is 9.84 Å². The van der Waals surface area contributed by atoms with Crippen LogP contribution in [0.25, 0.3) is 0 Å². The molecule has 0 amide bonds. The largest absolute Gasteiger partial charge is 0.394 e. The summed E-state index contributed by atoms with van der Waals surface area (Å²) in [5, 5.41) is 8.93. The molecule has 1 aromatic carbocycles. The Morgan fingerprint density at radius 1 is 1.43 bits per heavy atom. The van der Waals surface area contributed by atoms with Crippen LogP contribution >= 0.6 is 0 Å². The van der Waals surface area contributed by atoms with E-state index in [0.717, 1.165) is 12.8 Å². The molecule has 0 spiro atoms. The lowest BCUT2D eigenvalue weighted by atomic mass is 10.1. The standard InChI is InChI=1S/C12H18O2/c1-10-4-3-5-11(8-10)6-7-12(9-13)14-2/h3-5,8,12-13H,6-7,9H2,1-2H3. The Labute approximate surface area is 85.5 Å². The molecule has 0 aliphatic carbocycles. The van der Waals surface area contributed by atoms with Crippen LogP contribution in [-0.4, -0.2) is 24.9 Å². The molecule has 14 heavy (non-hydrogen) atoms. The molecule has 2 nitrogen and oxygen atoms in total. The number of hydrogen-bond donors (Lipinski definition) is 1.